The Morgan fingerprint density at radius 3 is 2.50 bits per heavy atom. The molecule has 2 amide bonds. The van der Waals surface area contributed by atoms with Crippen LogP contribution in [0.25, 0.3) is 6.08 Å². The van der Waals surface area contributed by atoms with Crippen LogP contribution in [0.5, 0.6) is 0 Å². The van der Waals surface area contributed by atoms with E-state index in [0.29, 0.717) is 31.6 Å². The van der Waals surface area contributed by atoms with Crippen LogP contribution in [0.1, 0.15) is 35.2 Å². The fourth-order valence-corrected chi connectivity index (χ4v) is 4.22. The Kier molecular flexibility index (Phi) is 5.24. The maximum atomic E-state index is 12.6. The Hall–Kier alpha value is -2.95. The van der Waals surface area contributed by atoms with Gasteiger partial charge in [0.1, 0.15) is 0 Å². The molecule has 0 radical (unpaired) electrons. The van der Waals surface area contributed by atoms with E-state index < -0.39 is 0 Å². The second-order valence-electron chi connectivity index (χ2n) is 7.79. The molecule has 0 unspecified atom stereocenters. The van der Waals surface area contributed by atoms with Crippen molar-refractivity contribution < 1.29 is 9.59 Å². The molecule has 28 heavy (non-hydrogen) atoms. The van der Waals surface area contributed by atoms with Crippen molar-refractivity contribution in [3.63, 3.8) is 0 Å². The molecule has 0 N–H and O–H groups in total. The molecule has 2 saturated heterocycles. The van der Waals surface area contributed by atoms with Gasteiger partial charge in [-0.2, -0.15) is 0 Å². The van der Waals surface area contributed by atoms with Crippen LogP contribution in [-0.2, 0) is 4.79 Å². The highest BCUT2D eigenvalue weighted by Crippen LogP contribution is 2.41. The van der Waals surface area contributed by atoms with Gasteiger partial charge < -0.3 is 9.80 Å². The normalized spacial score (nSPS) is 18.9. The lowest BCUT2D eigenvalue weighted by Gasteiger charge is -2.38. The summed E-state index contributed by atoms with van der Waals surface area (Å²) in [5.74, 6) is 0.288. The Bertz CT molecular complexity index is 856. The molecule has 3 heterocycles. The maximum Gasteiger partial charge on any atom is 0.253 e. The van der Waals surface area contributed by atoms with Crippen molar-refractivity contribution in [1.29, 1.82) is 0 Å². The van der Waals surface area contributed by atoms with Crippen molar-refractivity contribution in [2.24, 2.45) is 5.41 Å². The van der Waals surface area contributed by atoms with Gasteiger partial charge in [0.15, 0.2) is 0 Å². The zero-order chi connectivity index (χ0) is 19.4. The number of benzene rings is 1. The number of aromatic nitrogens is 1. The first kappa shape index (κ1) is 18.4. The van der Waals surface area contributed by atoms with Gasteiger partial charge in [0, 0.05) is 56.0 Å². The zero-order valence-electron chi connectivity index (χ0n) is 16.0. The van der Waals surface area contributed by atoms with E-state index in [9.17, 15) is 9.59 Å². The van der Waals surface area contributed by atoms with Crippen molar-refractivity contribution in [2.75, 3.05) is 26.2 Å². The Morgan fingerprint density at radius 1 is 1.07 bits per heavy atom. The van der Waals surface area contributed by atoms with Gasteiger partial charge >= 0.3 is 0 Å². The van der Waals surface area contributed by atoms with Gasteiger partial charge in [-0.1, -0.05) is 42.5 Å². The number of amides is 2. The molecule has 2 aliphatic heterocycles. The number of rotatable bonds is 4. The quantitative estimate of drug-likeness (QED) is 0.824. The average Bonchev–Trinajstić information content (AvgIpc) is 3.04. The second-order valence-corrected chi connectivity index (χ2v) is 7.79. The van der Waals surface area contributed by atoms with E-state index in [2.05, 4.69) is 29.3 Å². The van der Waals surface area contributed by atoms with Crippen molar-refractivity contribution in [2.45, 2.75) is 19.3 Å². The molecule has 0 aliphatic carbocycles. The number of likely N-dealkylation sites (tertiary alicyclic amines) is 2. The van der Waals surface area contributed by atoms with Crippen LogP contribution in [-0.4, -0.2) is 52.8 Å². The predicted octanol–water partition coefficient (Wildman–Crippen LogP) is 3.25. The number of nitrogens with zero attached hydrogens (tertiary/aromatic N) is 3. The smallest absolute Gasteiger partial charge is 0.253 e. The molecule has 1 spiro atoms. The summed E-state index contributed by atoms with van der Waals surface area (Å²) in [6.07, 6.45) is 9.79. The molecular weight excluding hydrogens is 350 g/mol. The van der Waals surface area contributed by atoms with Crippen molar-refractivity contribution >= 4 is 17.9 Å². The highest BCUT2D eigenvalue weighted by atomic mass is 16.2. The van der Waals surface area contributed by atoms with E-state index in [-0.39, 0.29) is 17.2 Å². The first-order chi connectivity index (χ1) is 13.7. The van der Waals surface area contributed by atoms with E-state index in [1.54, 1.807) is 24.5 Å². The monoisotopic (exact) mass is 375 g/mol. The van der Waals surface area contributed by atoms with E-state index >= 15 is 0 Å². The van der Waals surface area contributed by atoms with Crippen molar-refractivity contribution in [1.82, 2.24) is 14.8 Å². The molecular formula is C23H25N3O2. The van der Waals surface area contributed by atoms with Crippen LogP contribution in [0, 0.1) is 5.41 Å². The molecule has 1 aromatic heterocycles. The summed E-state index contributed by atoms with van der Waals surface area (Å²) in [7, 11) is 0. The third-order valence-corrected chi connectivity index (χ3v) is 5.88. The molecule has 0 saturated carbocycles. The first-order valence-electron chi connectivity index (χ1n) is 9.84. The third-order valence-electron chi connectivity index (χ3n) is 5.88. The maximum absolute atomic E-state index is 12.6. The topological polar surface area (TPSA) is 53.5 Å². The van der Waals surface area contributed by atoms with E-state index in [0.717, 1.165) is 24.9 Å². The highest BCUT2D eigenvalue weighted by Gasteiger charge is 2.45. The van der Waals surface area contributed by atoms with Gasteiger partial charge in [0.2, 0.25) is 5.91 Å². The average molecular weight is 375 g/mol. The SMILES string of the molecule is O=C1CC2(CCN(C(=O)c3ccncc3)CC2)CN1C/C=C/c1ccccc1. The summed E-state index contributed by atoms with van der Waals surface area (Å²) in [6.45, 7) is 2.86. The lowest BCUT2D eigenvalue weighted by Crippen LogP contribution is -2.44. The molecule has 0 atom stereocenters. The molecule has 4 rings (SSSR count). The lowest BCUT2D eigenvalue weighted by molar-refractivity contribution is -0.127. The zero-order valence-corrected chi connectivity index (χ0v) is 16.0. The van der Waals surface area contributed by atoms with Gasteiger partial charge in [0.05, 0.1) is 0 Å². The lowest BCUT2D eigenvalue weighted by atomic mass is 9.77. The largest absolute Gasteiger partial charge is 0.339 e. The molecule has 5 nitrogen and oxygen atoms in total. The summed E-state index contributed by atoms with van der Waals surface area (Å²) >= 11 is 0. The molecule has 1 aromatic carbocycles. The molecule has 2 fully saturated rings. The van der Waals surface area contributed by atoms with Crippen molar-refractivity contribution in [3.05, 3.63) is 72.1 Å². The molecule has 2 aromatic rings. The Morgan fingerprint density at radius 2 is 1.79 bits per heavy atom. The van der Waals surface area contributed by atoms with Gasteiger partial charge in [-0.05, 0) is 30.5 Å². The minimum Gasteiger partial charge on any atom is -0.339 e. The standard InChI is InChI=1S/C23H25N3O2/c27-21-17-23(18-26(21)14-4-7-19-5-2-1-3-6-19)10-15-25(16-11-23)22(28)20-8-12-24-13-9-20/h1-9,12-13H,10-11,14-18H2/b7-4+. The molecule has 5 heteroatoms. The van der Waals surface area contributed by atoms with Gasteiger partial charge in [-0.15, -0.1) is 0 Å². The summed E-state index contributed by atoms with van der Waals surface area (Å²) < 4.78 is 0. The first-order valence-corrected chi connectivity index (χ1v) is 9.84. The molecule has 0 bridgehead atoms. The van der Waals surface area contributed by atoms with Crippen LogP contribution in [0.4, 0.5) is 0 Å². The van der Waals surface area contributed by atoms with E-state index in [4.69, 9.17) is 0 Å². The van der Waals surface area contributed by atoms with E-state index in [1.807, 2.05) is 28.0 Å². The second kappa shape index (κ2) is 7.97. The number of carbonyl (C=O) groups is 2. The summed E-state index contributed by atoms with van der Waals surface area (Å²) in [5.41, 5.74) is 1.85. The number of carbonyl (C=O) groups excluding carboxylic acids is 2. The summed E-state index contributed by atoms with van der Waals surface area (Å²) in [6, 6.07) is 13.6. The Labute approximate surface area is 165 Å². The fourth-order valence-electron chi connectivity index (χ4n) is 4.22. The van der Waals surface area contributed by atoms with Crippen LogP contribution in [0.2, 0.25) is 0 Å². The fraction of sp³-hybridized carbons (Fsp3) is 0.348. The van der Waals surface area contributed by atoms with Crippen LogP contribution in [0.15, 0.2) is 60.9 Å². The number of piperidine rings is 1. The van der Waals surface area contributed by atoms with Gasteiger partial charge in [-0.25, -0.2) is 0 Å². The van der Waals surface area contributed by atoms with Gasteiger partial charge in [-0.3, -0.25) is 14.6 Å². The van der Waals surface area contributed by atoms with E-state index in [1.165, 1.54) is 0 Å². The van der Waals surface area contributed by atoms with Crippen LogP contribution in [0.3, 0.4) is 0 Å². The molecule has 2 aliphatic rings. The van der Waals surface area contributed by atoms with Gasteiger partial charge in [0.25, 0.3) is 5.91 Å². The number of hydrogen-bond donors (Lipinski definition) is 0. The number of pyridine rings is 1. The molecule has 144 valence electrons. The van der Waals surface area contributed by atoms with Crippen LogP contribution >= 0.6 is 0 Å². The summed E-state index contributed by atoms with van der Waals surface area (Å²) in [5, 5.41) is 0. The number of hydrogen-bond acceptors (Lipinski definition) is 3. The minimum atomic E-state index is 0.0205. The summed E-state index contributed by atoms with van der Waals surface area (Å²) in [4.78, 5) is 33.0. The van der Waals surface area contributed by atoms with Crippen LogP contribution < -0.4 is 0 Å². The predicted molar refractivity (Wildman–Crippen MR) is 108 cm³/mol. The Balaban J connectivity index is 1.33. The minimum absolute atomic E-state index is 0.0205. The highest BCUT2D eigenvalue weighted by molar-refractivity contribution is 5.94. The third kappa shape index (κ3) is 3.98. The van der Waals surface area contributed by atoms with Crippen molar-refractivity contribution in [3.8, 4) is 0 Å².